The maximum atomic E-state index is 12.3. The highest BCUT2D eigenvalue weighted by Crippen LogP contribution is 2.25. The number of fused-ring (bicyclic) bond motifs is 1. The lowest BCUT2D eigenvalue weighted by atomic mass is 10.1. The first-order valence-corrected chi connectivity index (χ1v) is 9.89. The number of carbonyl (C=O) groups is 2. The van der Waals surface area contributed by atoms with Crippen molar-refractivity contribution < 1.29 is 19.1 Å². The summed E-state index contributed by atoms with van der Waals surface area (Å²) in [5.41, 5.74) is 1.51. The number of hydrogen-bond donors (Lipinski definition) is 0. The highest BCUT2D eigenvalue weighted by molar-refractivity contribution is 7.99. The molecule has 29 heavy (non-hydrogen) atoms. The van der Waals surface area contributed by atoms with E-state index in [0.29, 0.717) is 28.0 Å². The summed E-state index contributed by atoms with van der Waals surface area (Å²) >= 11 is 1.32. The van der Waals surface area contributed by atoms with Crippen LogP contribution in [0, 0.1) is 0 Å². The van der Waals surface area contributed by atoms with Crippen LogP contribution in [0.15, 0.2) is 47.3 Å². The number of nitrogens with zero attached hydrogens (tertiary/aromatic N) is 3. The molecule has 0 fully saturated rings. The van der Waals surface area contributed by atoms with Gasteiger partial charge in [-0.05, 0) is 37.3 Å². The molecule has 0 saturated carbocycles. The summed E-state index contributed by atoms with van der Waals surface area (Å²) in [4.78, 5) is 35.9. The van der Waals surface area contributed by atoms with Gasteiger partial charge in [0.15, 0.2) is 12.5 Å². The minimum Gasteiger partial charge on any atom is -0.496 e. The van der Waals surface area contributed by atoms with E-state index in [4.69, 9.17) is 9.47 Å². The number of ketones is 1. The van der Waals surface area contributed by atoms with Crippen molar-refractivity contribution >= 4 is 34.4 Å². The van der Waals surface area contributed by atoms with Crippen molar-refractivity contribution in [3.05, 3.63) is 63.9 Å². The van der Waals surface area contributed by atoms with E-state index in [2.05, 4.69) is 10.3 Å². The van der Waals surface area contributed by atoms with Crippen LogP contribution < -0.4 is 10.3 Å². The van der Waals surface area contributed by atoms with Gasteiger partial charge in [-0.2, -0.15) is 4.68 Å². The maximum Gasteiger partial charge on any atom is 0.317 e. The average Bonchev–Trinajstić information content (AvgIpc) is 2.73. The molecule has 0 saturated heterocycles. The Hall–Kier alpha value is -3.20. The third-order valence-electron chi connectivity index (χ3n) is 4.14. The van der Waals surface area contributed by atoms with Gasteiger partial charge in [-0.3, -0.25) is 14.4 Å². The lowest BCUT2D eigenvalue weighted by Gasteiger charge is -2.10. The van der Waals surface area contributed by atoms with Gasteiger partial charge in [0.1, 0.15) is 11.3 Å². The SMILES string of the molecule is COc1ccc(C(C)=O)cc1CSCC(=O)OCn1nnc2ccccc2c1=O. The van der Waals surface area contributed by atoms with Gasteiger partial charge in [0.05, 0.1) is 18.2 Å². The Morgan fingerprint density at radius 1 is 1.17 bits per heavy atom. The Kier molecular flexibility index (Phi) is 6.61. The van der Waals surface area contributed by atoms with E-state index in [0.717, 1.165) is 10.2 Å². The number of Topliss-reactive ketones (excluding diaryl/α,β-unsaturated/α-hetero) is 1. The Labute approximate surface area is 170 Å². The van der Waals surface area contributed by atoms with Crippen molar-refractivity contribution in [2.45, 2.75) is 19.4 Å². The zero-order valence-electron chi connectivity index (χ0n) is 16.0. The molecule has 1 aromatic heterocycles. The zero-order valence-corrected chi connectivity index (χ0v) is 16.8. The summed E-state index contributed by atoms with van der Waals surface area (Å²) in [5, 5.41) is 8.12. The summed E-state index contributed by atoms with van der Waals surface area (Å²) in [6.07, 6.45) is 0. The number of ether oxygens (including phenoxy) is 2. The van der Waals surface area contributed by atoms with Gasteiger partial charge in [0, 0.05) is 16.9 Å². The number of thioether (sulfide) groups is 1. The molecule has 0 N–H and O–H groups in total. The molecule has 0 amide bonds. The van der Waals surface area contributed by atoms with Crippen LogP contribution in [0.4, 0.5) is 0 Å². The Morgan fingerprint density at radius 3 is 2.72 bits per heavy atom. The number of methoxy groups -OCH3 is 1. The predicted octanol–water partition coefficient (Wildman–Crippen LogP) is 2.44. The van der Waals surface area contributed by atoms with E-state index in [1.54, 1.807) is 49.6 Å². The monoisotopic (exact) mass is 413 g/mol. The first-order chi connectivity index (χ1) is 14.0. The summed E-state index contributed by atoms with van der Waals surface area (Å²) in [6.45, 7) is 1.19. The van der Waals surface area contributed by atoms with Crippen molar-refractivity contribution in [3.8, 4) is 5.75 Å². The molecule has 0 bridgehead atoms. The molecule has 0 aliphatic heterocycles. The lowest BCUT2D eigenvalue weighted by molar-refractivity contribution is -0.144. The molecule has 0 unspecified atom stereocenters. The molecule has 150 valence electrons. The molecular formula is C20H19N3O5S. The molecule has 8 nitrogen and oxygen atoms in total. The number of benzene rings is 2. The van der Waals surface area contributed by atoms with Crippen molar-refractivity contribution in [3.63, 3.8) is 0 Å². The van der Waals surface area contributed by atoms with Gasteiger partial charge in [-0.25, -0.2) is 0 Å². The smallest absolute Gasteiger partial charge is 0.317 e. The fourth-order valence-corrected chi connectivity index (χ4v) is 3.44. The molecule has 9 heteroatoms. The quantitative estimate of drug-likeness (QED) is 0.410. The highest BCUT2D eigenvalue weighted by Gasteiger charge is 2.11. The van der Waals surface area contributed by atoms with E-state index in [1.165, 1.54) is 18.7 Å². The molecule has 0 aliphatic rings. The average molecular weight is 413 g/mol. The second kappa shape index (κ2) is 9.33. The molecule has 2 aromatic carbocycles. The third kappa shape index (κ3) is 5.00. The van der Waals surface area contributed by atoms with E-state index >= 15 is 0 Å². The summed E-state index contributed by atoms with van der Waals surface area (Å²) in [5.74, 6) is 0.658. The largest absolute Gasteiger partial charge is 0.496 e. The number of esters is 1. The highest BCUT2D eigenvalue weighted by atomic mass is 32.2. The molecule has 0 radical (unpaired) electrons. The summed E-state index contributed by atoms with van der Waals surface area (Å²) in [6, 6.07) is 12.0. The number of hydrogen-bond acceptors (Lipinski definition) is 8. The van der Waals surface area contributed by atoms with Crippen LogP contribution in [0.5, 0.6) is 5.75 Å². The fourth-order valence-electron chi connectivity index (χ4n) is 2.64. The van der Waals surface area contributed by atoms with E-state index in [9.17, 15) is 14.4 Å². The molecule has 3 rings (SSSR count). The van der Waals surface area contributed by atoms with Gasteiger partial charge < -0.3 is 9.47 Å². The minimum atomic E-state index is -0.487. The predicted molar refractivity (Wildman–Crippen MR) is 109 cm³/mol. The Morgan fingerprint density at radius 2 is 1.97 bits per heavy atom. The normalized spacial score (nSPS) is 10.7. The molecule has 0 aliphatic carbocycles. The van der Waals surface area contributed by atoms with Gasteiger partial charge >= 0.3 is 5.97 Å². The third-order valence-corrected chi connectivity index (χ3v) is 5.10. The second-order valence-corrected chi connectivity index (χ2v) is 7.12. The van der Waals surface area contributed by atoms with Crippen LogP contribution in [0.3, 0.4) is 0 Å². The van der Waals surface area contributed by atoms with Crippen LogP contribution in [0.1, 0.15) is 22.8 Å². The Balaban J connectivity index is 1.56. The molecule has 3 aromatic rings. The van der Waals surface area contributed by atoms with E-state index < -0.39 is 5.97 Å². The lowest BCUT2D eigenvalue weighted by Crippen LogP contribution is -2.26. The first-order valence-electron chi connectivity index (χ1n) is 8.73. The number of aromatic nitrogens is 3. The van der Waals surface area contributed by atoms with Crippen molar-refractivity contribution in [2.24, 2.45) is 0 Å². The summed E-state index contributed by atoms with van der Waals surface area (Å²) in [7, 11) is 1.55. The molecule has 1 heterocycles. The van der Waals surface area contributed by atoms with Gasteiger partial charge in [0.25, 0.3) is 5.56 Å². The zero-order chi connectivity index (χ0) is 20.8. The van der Waals surface area contributed by atoms with E-state index in [1.807, 2.05) is 0 Å². The van der Waals surface area contributed by atoms with Gasteiger partial charge in [-0.1, -0.05) is 17.3 Å². The van der Waals surface area contributed by atoms with Crippen LogP contribution in [0.25, 0.3) is 10.9 Å². The van der Waals surface area contributed by atoms with Gasteiger partial charge in [0.2, 0.25) is 0 Å². The van der Waals surface area contributed by atoms with Crippen LogP contribution in [0.2, 0.25) is 0 Å². The summed E-state index contributed by atoms with van der Waals surface area (Å²) < 4.78 is 11.4. The standard InChI is InChI=1S/C20H19N3O5S/c1-13(24)14-7-8-18(27-2)15(9-14)10-29-11-19(25)28-12-23-20(26)16-5-3-4-6-17(16)21-22-23/h3-9H,10-12H2,1-2H3. The second-order valence-electron chi connectivity index (χ2n) is 6.13. The van der Waals surface area contributed by atoms with Crippen molar-refractivity contribution in [1.82, 2.24) is 15.0 Å². The maximum absolute atomic E-state index is 12.3. The first kappa shape index (κ1) is 20.5. The number of carbonyl (C=O) groups excluding carboxylic acids is 2. The number of rotatable bonds is 8. The molecular weight excluding hydrogens is 394 g/mol. The topological polar surface area (TPSA) is 100 Å². The van der Waals surface area contributed by atoms with Gasteiger partial charge in [-0.15, -0.1) is 16.9 Å². The fraction of sp³-hybridized carbons (Fsp3) is 0.250. The van der Waals surface area contributed by atoms with Crippen LogP contribution in [-0.4, -0.2) is 39.6 Å². The Bertz CT molecular complexity index is 1110. The molecule has 0 spiro atoms. The van der Waals surface area contributed by atoms with Crippen molar-refractivity contribution in [1.29, 1.82) is 0 Å². The van der Waals surface area contributed by atoms with Crippen LogP contribution in [-0.2, 0) is 22.0 Å². The van der Waals surface area contributed by atoms with Crippen LogP contribution >= 0.6 is 11.8 Å². The minimum absolute atomic E-state index is 0.0414. The van der Waals surface area contributed by atoms with Crippen molar-refractivity contribution in [2.75, 3.05) is 12.9 Å². The molecule has 0 atom stereocenters. The van der Waals surface area contributed by atoms with E-state index in [-0.39, 0.29) is 23.8 Å².